The van der Waals surface area contributed by atoms with Crippen LogP contribution >= 0.6 is 34.0 Å². The molecule has 0 saturated carbocycles. The van der Waals surface area contributed by atoms with E-state index in [1.165, 1.54) is 25.6 Å². The molecule has 0 aliphatic carbocycles. The Morgan fingerprint density at radius 3 is 1.90 bits per heavy atom. The molecule has 0 fully saturated rings. The summed E-state index contributed by atoms with van der Waals surface area (Å²) < 4.78 is 3.98. The van der Waals surface area contributed by atoms with Crippen LogP contribution in [0.5, 0.6) is 0 Å². The van der Waals surface area contributed by atoms with Crippen LogP contribution in [0.25, 0.3) is 11.0 Å². The maximum Gasteiger partial charge on any atom is 0.311 e. The molecule has 0 amide bonds. The van der Waals surface area contributed by atoms with Crippen molar-refractivity contribution in [2.45, 2.75) is 6.42 Å². The van der Waals surface area contributed by atoms with Crippen molar-refractivity contribution in [1.29, 1.82) is 0 Å². The van der Waals surface area contributed by atoms with Crippen molar-refractivity contribution in [2.24, 2.45) is 0 Å². The number of hydrogen-bond donors (Lipinski definition) is 0. The van der Waals surface area contributed by atoms with Gasteiger partial charge in [-0.1, -0.05) is 75.8 Å². The second-order valence-corrected chi connectivity index (χ2v) is 11.2. The van der Waals surface area contributed by atoms with E-state index < -0.39 is 6.28 Å². The van der Waals surface area contributed by atoms with Gasteiger partial charge in [-0.25, -0.2) is 0 Å². The highest BCUT2D eigenvalue weighted by atomic mass is 32.1. The van der Waals surface area contributed by atoms with Gasteiger partial charge in [0.05, 0.1) is 0 Å². The lowest BCUT2D eigenvalue weighted by Crippen LogP contribution is -2.78. The molecule has 0 N–H and O–H groups in total. The normalized spacial score (nSPS) is 18.1. The molecule has 0 atom stereocenters. The summed E-state index contributed by atoms with van der Waals surface area (Å²) in [6.07, 6.45) is -0.0301. The van der Waals surface area contributed by atoms with E-state index in [0.29, 0.717) is 0 Å². The summed E-state index contributed by atoms with van der Waals surface area (Å²) in [6.45, 7) is 1.13. The van der Waals surface area contributed by atoms with Gasteiger partial charge in [0.25, 0.3) is 0 Å². The minimum absolute atomic E-state index is 0.991. The van der Waals surface area contributed by atoms with E-state index in [2.05, 4.69) is 97.0 Å². The van der Waals surface area contributed by atoms with Crippen LogP contribution in [-0.4, -0.2) is 31.3 Å². The van der Waals surface area contributed by atoms with E-state index in [0.717, 1.165) is 17.4 Å². The Morgan fingerprint density at radius 1 is 0.724 bits per heavy atom. The summed E-state index contributed by atoms with van der Waals surface area (Å²) in [6, 6.07) is 24.8. The molecule has 29 heavy (non-hydrogen) atoms. The lowest BCUT2D eigenvalue weighted by Gasteiger charge is -2.59. The molecule has 5 heteroatoms. The van der Waals surface area contributed by atoms with E-state index in [-0.39, 0.29) is 0 Å². The third kappa shape index (κ3) is 2.91. The SMILES string of the molecule is C[N+]1(C)CCC(c2ccccc2)=C(c2cccs2)[B-]1(c1cccs1)c1cccs1. The first-order chi connectivity index (χ1) is 14.1. The minimum Gasteiger partial charge on any atom is -0.507 e. The average Bonchev–Trinajstić information content (AvgIpc) is 3.51. The van der Waals surface area contributed by atoms with Crippen LogP contribution in [0.1, 0.15) is 16.9 Å². The molecule has 0 bridgehead atoms. The number of thiophene rings is 3. The van der Waals surface area contributed by atoms with Crippen LogP contribution in [0, 0.1) is 0 Å². The summed E-state index contributed by atoms with van der Waals surface area (Å²) >= 11 is 5.72. The molecule has 5 rings (SSSR count). The van der Waals surface area contributed by atoms with Gasteiger partial charge in [-0.15, -0.1) is 16.8 Å². The Bertz CT molecular complexity index is 1070. The molecule has 4 heterocycles. The lowest BCUT2D eigenvalue weighted by atomic mass is 9.24. The largest absolute Gasteiger partial charge is 0.507 e. The Balaban J connectivity index is 1.94. The van der Waals surface area contributed by atoms with Crippen LogP contribution in [0.4, 0.5) is 0 Å². The van der Waals surface area contributed by atoms with Crippen molar-refractivity contribution in [3.63, 3.8) is 0 Å². The summed E-state index contributed by atoms with van der Waals surface area (Å²) in [4.78, 5) is 1.41. The maximum absolute atomic E-state index is 2.44. The maximum atomic E-state index is 2.44. The highest BCUT2D eigenvalue weighted by molar-refractivity contribution is 7.39. The second-order valence-electron chi connectivity index (χ2n) is 8.34. The molecule has 0 unspecified atom stereocenters. The molecule has 0 radical (unpaired) electrons. The fraction of sp³-hybridized carbons (Fsp3) is 0.167. The monoisotopic (exact) mass is 433 g/mol. The zero-order valence-corrected chi connectivity index (χ0v) is 19.2. The van der Waals surface area contributed by atoms with Gasteiger partial charge in [0.1, 0.15) is 0 Å². The number of nitrogens with zero attached hydrogens (tertiary/aromatic N) is 1. The molecule has 1 nitrogen and oxygen atoms in total. The topological polar surface area (TPSA) is 0 Å². The third-order valence-corrected chi connectivity index (χ3v) is 9.54. The molecule has 146 valence electrons. The van der Waals surface area contributed by atoms with Crippen LogP contribution in [0.2, 0.25) is 0 Å². The highest BCUT2D eigenvalue weighted by Crippen LogP contribution is 2.45. The van der Waals surface area contributed by atoms with Crippen molar-refractivity contribution in [1.82, 2.24) is 0 Å². The fourth-order valence-electron chi connectivity index (χ4n) is 5.23. The molecule has 4 aromatic rings. The van der Waals surface area contributed by atoms with Crippen molar-refractivity contribution in [3.8, 4) is 0 Å². The first kappa shape index (κ1) is 19.1. The third-order valence-electron chi connectivity index (χ3n) is 6.55. The van der Waals surface area contributed by atoms with E-state index in [4.69, 9.17) is 0 Å². The van der Waals surface area contributed by atoms with Gasteiger partial charge in [0.15, 0.2) is 0 Å². The molecule has 1 aromatic carbocycles. The number of quaternary nitrogens is 1. The van der Waals surface area contributed by atoms with Gasteiger partial charge in [-0.3, -0.25) is 0 Å². The predicted molar refractivity (Wildman–Crippen MR) is 133 cm³/mol. The Labute approximate surface area is 185 Å². The van der Waals surface area contributed by atoms with Crippen LogP contribution in [0.3, 0.4) is 0 Å². The number of hydrogen-bond acceptors (Lipinski definition) is 3. The van der Waals surface area contributed by atoms with Gasteiger partial charge < -0.3 is 4.39 Å². The van der Waals surface area contributed by atoms with Crippen molar-refractivity contribution >= 4 is 60.9 Å². The van der Waals surface area contributed by atoms with Crippen molar-refractivity contribution in [2.75, 3.05) is 20.6 Å². The van der Waals surface area contributed by atoms with Gasteiger partial charge in [-0.2, -0.15) is 22.7 Å². The average molecular weight is 433 g/mol. The van der Waals surface area contributed by atoms with E-state index in [9.17, 15) is 0 Å². The van der Waals surface area contributed by atoms with Crippen LogP contribution < -0.4 is 9.55 Å². The summed E-state index contributed by atoms with van der Waals surface area (Å²) in [5.74, 6) is 0. The first-order valence-electron chi connectivity index (χ1n) is 10.0. The second kappa shape index (κ2) is 7.40. The Morgan fingerprint density at radius 2 is 1.34 bits per heavy atom. The van der Waals surface area contributed by atoms with Gasteiger partial charge in [0, 0.05) is 27.1 Å². The van der Waals surface area contributed by atoms with Crippen LogP contribution in [-0.2, 0) is 0 Å². The zero-order chi connectivity index (χ0) is 19.9. The molecular weight excluding hydrogens is 409 g/mol. The minimum atomic E-state index is -1.13. The smallest absolute Gasteiger partial charge is 0.311 e. The van der Waals surface area contributed by atoms with E-state index in [1.807, 2.05) is 34.0 Å². The highest BCUT2D eigenvalue weighted by Gasteiger charge is 2.52. The lowest BCUT2D eigenvalue weighted by molar-refractivity contribution is -0.786. The molecule has 0 spiro atoms. The summed E-state index contributed by atoms with van der Waals surface area (Å²) in [7, 11) is 4.88. The van der Waals surface area contributed by atoms with E-state index >= 15 is 0 Å². The van der Waals surface area contributed by atoms with Crippen molar-refractivity contribution in [3.05, 3.63) is 93.3 Å². The Kier molecular flexibility index (Phi) is 4.87. The summed E-state index contributed by atoms with van der Waals surface area (Å²) in [5.41, 5.74) is 4.44. The number of rotatable bonds is 4. The molecule has 1 aliphatic heterocycles. The predicted octanol–water partition coefficient (Wildman–Crippen LogP) is 5.56. The van der Waals surface area contributed by atoms with E-state index in [1.54, 1.807) is 5.47 Å². The molecule has 1 aliphatic rings. The fourth-order valence-corrected chi connectivity index (χ4v) is 8.58. The standard InChI is InChI=1S/C24H24BNS3/c1-26(2)15-14-20(19-9-4-3-5-10-19)24(21-11-6-16-27-21)25(26,22-12-7-17-28-22)23-13-8-18-29-23/h3-13,16-18H,14-15H2,1-2H3. The van der Waals surface area contributed by atoms with Gasteiger partial charge >= 0.3 is 6.28 Å². The quantitative estimate of drug-likeness (QED) is 0.370. The van der Waals surface area contributed by atoms with Crippen LogP contribution in [0.15, 0.2) is 82.9 Å². The Hall–Kier alpha value is -1.92. The number of benzene rings is 1. The zero-order valence-electron chi connectivity index (χ0n) is 16.7. The first-order valence-corrected chi connectivity index (χ1v) is 12.7. The molecule has 0 saturated heterocycles. The van der Waals surface area contributed by atoms with Crippen molar-refractivity contribution < 1.29 is 4.39 Å². The summed E-state index contributed by atoms with van der Waals surface area (Å²) in [5, 5.41) is 6.72. The molecular formula is C24H24BNS3. The van der Waals surface area contributed by atoms with Gasteiger partial charge in [0.2, 0.25) is 0 Å². The van der Waals surface area contributed by atoms with Gasteiger partial charge in [-0.05, 0) is 32.6 Å². The molecule has 3 aromatic heterocycles.